The molecule has 0 fully saturated rings. The fourth-order valence-corrected chi connectivity index (χ4v) is 11.3. The number of fused-ring (bicyclic) bond motifs is 6. The number of imidazole rings is 1. The molecule has 0 unspecified atom stereocenters. The molecule has 0 spiro atoms. The summed E-state index contributed by atoms with van der Waals surface area (Å²) in [6, 6.07) is 15.3. The Morgan fingerprint density at radius 2 is 1.47 bits per heavy atom. The lowest BCUT2D eigenvalue weighted by Crippen LogP contribution is -2.34. The predicted molar refractivity (Wildman–Crippen MR) is 318 cm³/mol. The molecular weight excluding hydrogens is 1150 g/mol. The second-order valence-corrected chi connectivity index (χ2v) is 21.1. The van der Waals surface area contributed by atoms with Crippen LogP contribution >= 0.6 is 22.9 Å². The maximum Gasteiger partial charge on any atom is 0.330 e. The minimum Gasteiger partial charge on any atom is -0.496 e. The summed E-state index contributed by atoms with van der Waals surface area (Å²) < 4.78 is 54.8. The Morgan fingerprint density at radius 1 is 0.802 bits per heavy atom. The van der Waals surface area contributed by atoms with Gasteiger partial charge in [0.15, 0.2) is 5.82 Å². The van der Waals surface area contributed by atoms with Gasteiger partial charge in [-0.1, -0.05) is 35.0 Å². The van der Waals surface area contributed by atoms with Gasteiger partial charge in [0.25, 0.3) is 11.8 Å². The number of hydrogen-bond donors (Lipinski definition) is 2. The number of aromatic nitrogens is 8. The monoisotopic (exact) mass is 1220 g/mol. The van der Waals surface area contributed by atoms with Gasteiger partial charge in [-0.25, -0.2) is 10.3 Å². The quantitative estimate of drug-likeness (QED) is 0.0256. The van der Waals surface area contributed by atoms with Crippen molar-refractivity contribution in [1.82, 2.24) is 49.8 Å². The van der Waals surface area contributed by atoms with E-state index in [0.717, 1.165) is 32.8 Å². The van der Waals surface area contributed by atoms with Crippen molar-refractivity contribution in [3.8, 4) is 21.9 Å². The molecule has 0 saturated carbocycles. The van der Waals surface area contributed by atoms with Crippen LogP contribution in [0.15, 0.2) is 81.3 Å². The van der Waals surface area contributed by atoms with Gasteiger partial charge in [0.05, 0.1) is 163 Å². The van der Waals surface area contributed by atoms with Gasteiger partial charge >= 0.3 is 11.7 Å². The van der Waals surface area contributed by atoms with Gasteiger partial charge in [0.1, 0.15) is 34.9 Å². The van der Waals surface area contributed by atoms with Crippen molar-refractivity contribution in [1.29, 1.82) is 0 Å². The third-order valence-corrected chi connectivity index (χ3v) is 15.6. The van der Waals surface area contributed by atoms with Crippen LogP contribution in [0.2, 0.25) is 5.02 Å². The van der Waals surface area contributed by atoms with Gasteiger partial charge in [-0.2, -0.15) is 0 Å². The van der Waals surface area contributed by atoms with Crippen molar-refractivity contribution in [3.63, 3.8) is 0 Å². The van der Waals surface area contributed by atoms with Crippen molar-refractivity contribution in [2.75, 3.05) is 107 Å². The number of pyridine rings is 2. The molecule has 2 amide bonds. The number of methoxy groups -OCH3 is 2. The van der Waals surface area contributed by atoms with E-state index in [-0.39, 0.29) is 45.2 Å². The summed E-state index contributed by atoms with van der Waals surface area (Å²) in [7, 11) is 2.90. The molecule has 27 heteroatoms. The minimum absolute atomic E-state index is 0.0422. The number of benzene rings is 2. The Labute approximate surface area is 503 Å². The molecule has 2 aromatic carbocycles. The number of ether oxygens (including phenoxy) is 8. The van der Waals surface area contributed by atoms with Gasteiger partial charge in [-0.05, 0) is 76.6 Å². The van der Waals surface area contributed by atoms with E-state index >= 15 is 0 Å². The van der Waals surface area contributed by atoms with Crippen molar-refractivity contribution in [3.05, 3.63) is 133 Å². The Morgan fingerprint density at radius 3 is 2.08 bits per heavy atom. The summed E-state index contributed by atoms with van der Waals surface area (Å²) in [5.41, 5.74) is 9.34. The highest BCUT2D eigenvalue weighted by Gasteiger charge is 2.35. The highest BCUT2D eigenvalue weighted by atomic mass is 35.5. The Bertz CT molecular complexity index is 3710. The first-order valence-electron chi connectivity index (χ1n) is 27.9. The lowest BCUT2D eigenvalue weighted by molar-refractivity contribution is -0.141. The molecule has 86 heavy (non-hydrogen) atoms. The second-order valence-electron chi connectivity index (χ2n) is 19.7. The van der Waals surface area contributed by atoms with Crippen LogP contribution in [0.5, 0.6) is 5.75 Å². The Hall–Kier alpha value is -7.79. The van der Waals surface area contributed by atoms with Crippen LogP contribution in [0.25, 0.3) is 38.1 Å². The highest BCUT2D eigenvalue weighted by Crippen LogP contribution is 2.42. The van der Waals surface area contributed by atoms with E-state index in [1.54, 1.807) is 42.3 Å². The minimum atomic E-state index is -0.676. The Balaban J connectivity index is 0.613. The number of nitrogens with one attached hydrogen (secondary N) is 2. The zero-order valence-electron chi connectivity index (χ0n) is 48.8. The number of amides is 2. The number of aryl methyl sites for hydroxylation is 3. The molecule has 7 heterocycles. The third-order valence-electron chi connectivity index (χ3n) is 14.0. The number of esters is 1. The molecule has 6 aromatic heterocycles. The molecule has 1 aliphatic heterocycles. The average molecular weight is 1220 g/mol. The first-order chi connectivity index (χ1) is 41.8. The van der Waals surface area contributed by atoms with E-state index in [9.17, 15) is 19.2 Å². The van der Waals surface area contributed by atoms with Crippen molar-refractivity contribution < 1.29 is 61.6 Å². The van der Waals surface area contributed by atoms with Crippen molar-refractivity contribution in [2.45, 2.75) is 59.7 Å². The molecule has 0 aliphatic carbocycles. The molecular formula is C59H68ClN11O14S. The fourth-order valence-electron chi connectivity index (χ4n) is 9.88. The second kappa shape index (κ2) is 30.0. The number of nitrogens with zero attached hydrogens (tertiary/aromatic N) is 9. The molecule has 0 saturated heterocycles. The molecule has 0 bridgehead atoms. The van der Waals surface area contributed by atoms with E-state index in [0.29, 0.717) is 138 Å². The van der Waals surface area contributed by atoms with Crippen molar-refractivity contribution >= 4 is 68.4 Å². The zero-order valence-corrected chi connectivity index (χ0v) is 50.4. The number of carbonyl (C=O) groups is 3. The SMILES string of the molecule is COC(=O)C[C@@H]1N=C(c2ccc(Cl)cc2)c2c(sc(C(=O)NCCOCCOCCOCCOCCOCCOCCONC(=O)Cn3c(=O)n([C@H](C)c4ccccn4)c4c5cc(OC)c(-c6c(C)noc6C)cc5ncc43)c2C)-n2c(C)nnc21. The number of carbonyl (C=O) groups excluding carboxylic acids is 3. The number of thiophene rings is 1. The molecule has 2 atom stereocenters. The zero-order chi connectivity index (χ0) is 60.7. The number of hydroxylamine groups is 1. The summed E-state index contributed by atoms with van der Waals surface area (Å²) in [5, 5.41) is 17.7. The highest BCUT2D eigenvalue weighted by molar-refractivity contribution is 7.17. The average Bonchev–Trinajstić information content (AvgIpc) is 2.78. The summed E-state index contributed by atoms with van der Waals surface area (Å²) in [6.45, 7) is 13.3. The van der Waals surface area contributed by atoms with Crippen LogP contribution in [0.4, 0.5) is 0 Å². The van der Waals surface area contributed by atoms with Gasteiger partial charge in [-0.3, -0.25) is 47.9 Å². The predicted octanol–water partition coefficient (Wildman–Crippen LogP) is 6.58. The summed E-state index contributed by atoms with van der Waals surface area (Å²) in [5.74, 6) is 0.981. The fraction of sp³-hybridized carbons (Fsp3) is 0.424. The number of hydrogen-bond acceptors (Lipinski definition) is 21. The smallest absolute Gasteiger partial charge is 0.330 e. The molecule has 456 valence electrons. The molecule has 8 aromatic rings. The summed E-state index contributed by atoms with van der Waals surface area (Å²) in [6.07, 6.45) is 3.21. The number of rotatable bonds is 32. The number of aliphatic imine (C=N–C) groups is 1. The molecule has 1 aliphatic rings. The first-order valence-corrected chi connectivity index (χ1v) is 29.1. The van der Waals surface area contributed by atoms with E-state index in [2.05, 4.69) is 31.1 Å². The first kappa shape index (κ1) is 62.7. The van der Waals surface area contributed by atoms with Crippen LogP contribution < -0.4 is 21.2 Å². The summed E-state index contributed by atoms with van der Waals surface area (Å²) in [4.78, 5) is 73.8. The largest absolute Gasteiger partial charge is 0.496 e. The lowest BCUT2D eigenvalue weighted by atomic mass is 9.99. The van der Waals surface area contributed by atoms with Gasteiger partial charge < -0.3 is 47.7 Å². The molecule has 0 radical (unpaired) electrons. The lowest BCUT2D eigenvalue weighted by Gasteiger charge is -2.15. The maximum absolute atomic E-state index is 14.3. The maximum atomic E-state index is 14.3. The standard InChI is InChI=1S/C59H68ClN11O14S/c1-35-51-53(40-11-13-41(60)14-12-40)64-46(32-50(73)77-7)56-66-65-39(5)71(56)58(51)86-55(35)57(74)62-16-17-78-18-19-79-20-21-80-22-23-81-24-25-82-26-27-83-28-29-84-68-49(72)34-69-47-33-63-45-30-43(52-36(2)67-85-38(52)4)48(76-6)31-42(45)54(47)70(59(69)75)37(3)44-10-8-9-15-61-44/h8-15,30-31,33,37,46H,16-29,32,34H2,1-7H3,(H,62,74)(H,68,72)/t37-,46+/m1/s1. The molecule has 9 rings (SSSR count). The third kappa shape index (κ3) is 14.7. The van der Waals surface area contributed by atoms with Crippen LogP contribution in [-0.2, 0) is 54.1 Å². The molecule has 2 N–H and O–H groups in total. The normalized spacial score (nSPS) is 13.3. The molecule has 25 nitrogen and oxygen atoms in total. The van der Waals surface area contributed by atoms with Crippen LogP contribution in [-0.4, -0.2) is 169 Å². The van der Waals surface area contributed by atoms with E-state index < -0.39 is 29.6 Å². The van der Waals surface area contributed by atoms with E-state index in [1.165, 1.54) is 23.0 Å². The van der Waals surface area contributed by atoms with Crippen LogP contribution in [0, 0.1) is 27.7 Å². The topological polar surface area (TPSA) is 280 Å². The van der Waals surface area contributed by atoms with Gasteiger partial charge in [0.2, 0.25) is 0 Å². The van der Waals surface area contributed by atoms with Gasteiger partial charge in [-0.15, -0.1) is 21.5 Å². The van der Waals surface area contributed by atoms with E-state index in [1.807, 2.05) is 75.6 Å². The van der Waals surface area contributed by atoms with Crippen molar-refractivity contribution in [2.24, 2.45) is 4.99 Å². The van der Waals surface area contributed by atoms with E-state index in [4.69, 9.17) is 68.8 Å². The van der Waals surface area contributed by atoms with Gasteiger partial charge in [0, 0.05) is 39.8 Å². The van der Waals surface area contributed by atoms with Crippen LogP contribution in [0.1, 0.15) is 80.6 Å². The Kier molecular flexibility index (Phi) is 21.9. The number of halogens is 1. The summed E-state index contributed by atoms with van der Waals surface area (Å²) >= 11 is 7.54. The van der Waals surface area contributed by atoms with Crippen LogP contribution in [0.3, 0.4) is 0 Å².